The van der Waals surface area contributed by atoms with Crippen LogP contribution in [0.2, 0.25) is 0 Å². The summed E-state index contributed by atoms with van der Waals surface area (Å²) in [7, 11) is 0. The van der Waals surface area contributed by atoms with Crippen LogP contribution in [0.4, 0.5) is 5.13 Å². The second-order valence-corrected chi connectivity index (χ2v) is 9.17. The number of aromatic nitrogens is 5. The maximum Gasteiger partial charge on any atom is 0.277 e. The number of benzene rings is 1. The lowest BCUT2D eigenvalue weighted by atomic mass is 10.2. The first-order valence-corrected chi connectivity index (χ1v) is 11.5. The van der Waals surface area contributed by atoms with Crippen molar-refractivity contribution in [2.45, 2.75) is 26.4 Å². The smallest absolute Gasteiger partial charge is 0.277 e. The molecule has 0 atom stereocenters. The lowest BCUT2D eigenvalue weighted by molar-refractivity contribution is 0.101. The molecule has 0 fully saturated rings. The number of carbonyl (C=O) groups excluding carboxylic acids is 1. The van der Waals surface area contributed by atoms with Gasteiger partial charge in [0, 0.05) is 27.8 Å². The molecule has 0 unspecified atom stereocenters. The van der Waals surface area contributed by atoms with E-state index in [1.54, 1.807) is 6.20 Å². The molecule has 0 bridgehead atoms. The lowest BCUT2D eigenvalue weighted by Crippen LogP contribution is -2.15. The molecular weight excluding hydrogens is 440 g/mol. The normalized spacial score (nSPS) is 12.4. The fourth-order valence-electron chi connectivity index (χ4n) is 2.87. The van der Waals surface area contributed by atoms with E-state index in [9.17, 15) is 4.79 Å². The number of carbonyl (C=O) groups is 1. The first-order chi connectivity index (χ1) is 14.7. The van der Waals surface area contributed by atoms with Gasteiger partial charge in [0.2, 0.25) is 0 Å². The van der Waals surface area contributed by atoms with Gasteiger partial charge in [0.05, 0.1) is 6.61 Å². The second kappa shape index (κ2) is 8.46. The van der Waals surface area contributed by atoms with Crippen molar-refractivity contribution in [2.75, 3.05) is 11.9 Å². The lowest BCUT2D eigenvalue weighted by Gasteiger charge is -2.10. The van der Waals surface area contributed by atoms with Crippen LogP contribution in [-0.4, -0.2) is 37.7 Å². The van der Waals surface area contributed by atoms with Crippen LogP contribution in [0, 0.1) is 0 Å². The molecule has 1 amide bonds. The van der Waals surface area contributed by atoms with Crippen LogP contribution in [-0.2, 0) is 6.42 Å². The molecule has 0 saturated carbocycles. The SMILES string of the molecule is O=C(Nc1nccs1)c1nc(Sc2nnc[nH]2)ccc1Sc1ccc2c(c1)CCO2. The van der Waals surface area contributed by atoms with Crippen LogP contribution in [0.25, 0.3) is 0 Å². The van der Waals surface area contributed by atoms with E-state index in [1.165, 1.54) is 46.8 Å². The minimum absolute atomic E-state index is 0.308. The topological polar surface area (TPSA) is 106 Å². The molecule has 11 heteroatoms. The molecule has 30 heavy (non-hydrogen) atoms. The van der Waals surface area contributed by atoms with Crippen molar-refractivity contribution < 1.29 is 9.53 Å². The summed E-state index contributed by atoms with van der Waals surface area (Å²) in [5, 5.41) is 14.1. The van der Waals surface area contributed by atoms with Crippen molar-refractivity contribution in [3.05, 3.63) is 59.5 Å². The molecule has 5 rings (SSSR count). The van der Waals surface area contributed by atoms with E-state index in [0.29, 0.717) is 27.6 Å². The zero-order chi connectivity index (χ0) is 20.3. The Morgan fingerprint density at radius 1 is 1.23 bits per heavy atom. The fraction of sp³-hybridized carbons (Fsp3) is 0.105. The third-order valence-electron chi connectivity index (χ3n) is 4.18. The predicted molar refractivity (Wildman–Crippen MR) is 115 cm³/mol. The number of hydrogen-bond acceptors (Lipinski definition) is 9. The minimum Gasteiger partial charge on any atom is -0.493 e. The van der Waals surface area contributed by atoms with Gasteiger partial charge in [-0.1, -0.05) is 11.8 Å². The average Bonchev–Trinajstić information content (AvgIpc) is 3.51. The molecule has 0 aliphatic carbocycles. The Morgan fingerprint density at radius 2 is 2.20 bits per heavy atom. The first kappa shape index (κ1) is 19.1. The third-order valence-corrected chi connectivity index (χ3v) is 6.74. The maximum atomic E-state index is 13.0. The van der Waals surface area contributed by atoms with Crippen molar-refractivity contribution in [3.63, 3.8) is 0 Å². The number of H-pyrrole nitrogens is 1. The Labute approximate surface area is 183 Å². The van der Waals surface area contributed by atoms with Crippen LogP contribution in [0.1, 0.15) is 16.1 Å². The zero-order valence-corrected chi connectivity index (χ0v) is 17.8. The van der Waals surface area contributed by atoms with E-state index in [4.69, 9.17) is 4.74 Å². The molecule has 150 valence electrons. The van der Waals surface area contributed by atoms with Gasteiger partial charge in [-0.2, -0.15) is 0 Å². The highest BCUT2D eigenvalue weighted by Crippen LogP contribution is 2.36. The van der Waals surface area contributed by atoms with E-state index in [0.717, 1.165) is 22.0 Å². The number of nitrogens with one attached hydrogen (secondary N) is 2. The van der Waals surface area contributed by atoms with Crippen LogP contribution < -0.4 is 10.1 Å². The molecule has 0 spiro atoms. The summed E-state index contributed by atoms with van der Waals surface area (Å²) >= 11 is 4.16. The number of rotatable bonds is 6. The standard InChI is InChI=1S/C19H14N6O2S3/c26-17(24-18-20-6-8-28-18)16-14(3-4-15(23-16)30-19-21-10-22-25-19)29-12-1-2-13-11(9-12)5-7-27-13/h1-4,6,8-10H,5,7H2,(H,20,24,26)(H,21,22,25). The number of fused-ring (bicyclic) bond motifs is 1. The summed E-state index contributed by atoms with van der Waals surface area (Å²) in [6.45, 7) is 0.708. The van der Waals surface area contributed by atoms with Crippen molar-refractivity contribution in [2.24, 2.45) is 0 Å². The van der Waals surface area contributed by atoms with Gasteiger partial charge in [0.1, 0.15) is 22.8 Å². The van der Waals surface area contributed by atoms with Gasteiger partial charge in [-0.05, 0) is 47.7 Å². The zero-order valence-electron chi connectivity index (χ0n) is 15.4. The highest BCUT2D eigenvalue weighted by Gasteiger charge is 2.19. The Balaban J connectivity index is 1.46. The average molecular weight is 455 g/mol. The highest BCUT2D eigenvalue weighted by molar-refractivity contribution is 7.99. The van der Waals surface area contributed by atoms with Crippen molar-refractivity contribution >= 4 is 45.9 Å². The van der Waals surface area contributed by atoms with Gasteiger partial charge in [0.15, 0.2) is 10.3 Å². The number of pyridine rings is 1. The van der Waals surface area contributed by atoms with Gasteiger partial charge in [-0.3, -0.25) is 10.1 Å². The Hall–Kier alpha value is -2.89. The molecule has 0 saturated heterocycles. The van der Waals surface area contributed by atoms with Crippen molar-refractivity contribution in [1.29, 1.82) is 0 Å². The van der Waals surface area contributed by atoms with Crippen molar-refractivity contribution in [3.8, 4) is 5.75 Å². The first-order valence-electron chi connectivity index (χ1n) is 8.94. The number of ether oxygens (including phenoxy) is 1. The Bertz CT molecular complexity index is 1180. The molecule has 2 N–H and O–H groups in total. The quantitative estimate of drug-likeness (QED) is 0.448. The molecule has 1 aromatic carbocycles. The van der Waals surface area contributed by atoms with Gasteiger partial charge in [0.25, 0.3) is 5.91 Å². The van der Waals surface area contributed by atoms with Crippen LogP contribution in [0.15, 0.2) is 68.2 Å². The molecule has 3 aromatic heterocycles. The van der Waals surface area contributed by atoms with Crippen LogP contribution in [0.3, 0.4) is 0 Å². The van der Waals surface area contributed by atoms with Gasteiger partial charge < -0.3 is 9.72 Å². The molecule has 8 nitrogen and oxygen atoms in total. The summed E-state index contributed by atoms with van der Waals surface area (Å²) in [6, 6.07) is 9.84. The third kappa shape index (κ3) is 4.18. The van der Waals surface area contributed by atoms with Crippen LogP contribution >= 0.6 is 34.9 Å². The molecule has 4 heterocycles. The number of anilines is 1. The van der Waals surface area contributed by atoms with Crippen LogP contribution in [0.5, 0.6) is 5.75 Å². The number of amides is 1. The summed E-state index contributed by atoms with van der Waals surface area (Å²) in [5.41, 5.74) is 1.51. The number of hydrogen-bond donors (Lipinski definition) is 2. The van der Waals surface area contributed by atoms with Gasteiger partial charge in [-0.25, -0.2) is 9.97 Å². The summed E-state index contributed by atoms with van der Waals surface area (Å²) in [4.78, 5) is 26.4. The van der Waals surface area contributed by atoms with E-state index >= 15 is 0 Å². The monoisotopic (exact) mass is 454 g/mol. The van der Waals surface area contributed by atoms with E-state index in [2.05, 4.69) is 36.5 Å². The predicted octanol–water partition coefficient (Wildman–Crippen LogP) is 4.15. The van der Waals surface area contributed by atoms with E-state index < -0.39 is 0 Å². The largest absolute Gasteiger partial charge is 0.493 e. The van der Waals surface area contributed by atoms with E-state index in [1.807, 2.05) is 29.6 Å². The fourth-order valence-corrected chi connectivity index (χ4v) is 5.03. The maximum absolute atomic E-state index is 13.0. The summed E-state index contributed by atoms with van der Waals surface area (Å²) < 4.78 is 5.58. The molecule has 4 aromatic rings. The van der Waals surface area contributed by atoms with Crippen molar-refractivity contribution in [1.82, 2.24) is 25.1 Å². The Kier molecular flexibility index (Phi) is 5.39. The van der Waals surface area contributed by atoms with Gasteiger partial charge >= 0.3 is 0 Å². The summed E-state index contributed by atoms with van der Waals surface area (Å²) in [5.74, 6) is 0.620. The molecule has 1 aliphatic heterocycles. The number of thiazole rings is 1. The second-order valence-electron chi connectivity index (χ2n) is 6.15. The summed E-state index contributed by atoms with van der Waals surface area (Å²) in [6.07, 6.45) is 4.04. The minimum atomic E-state index is -0.308. The molecule has 1 aliphatic rings. The number of nitrogens with zero attached hydrogens (tertiary/aromatic N) is 4. The molecular formula is C19H14N6O2S3. The van der Waals surface area contributed by atoms with E-state index in [-0.39, 0.29) is 5.91 Å². The number of aromatic amines is 1. The van der Waals surface area contributed by atoms with Gasteiger partial charge in [-0.15, -0.1) is 21.5 Å². The highest BCUT2D eigenvalue weighted by atomic mass is 32.2. The molecule has 0 radical (unpaired) electrons. The Morgan fingerprint density at radius 3 is 3.03 bits per heavy atom.